The van der Waals surface area contributed by atoms with Crippen molar-refractivity contribution in [3.63, 3.8) is 0 Å². The van der Waals surface area contributed by atoms with E-state index in [1.807, 2.05) is 4.90 Å². The second kappa shape index (κ2) is 7.76. The van der Waals surface area contributed by atoms with Crippen LogP contribution in [0.25, 0.3) is 0 Å². The molecule has 1 saturated heterocycles. The number of hydrogen-bond acceptors (Lipinski definition) is 2. The number of piperidine rings is 1. The predicted molar refractivity (Wildman–Crippen MR) is 85.0 cm³/mol. The molecule has 2 rings (SSSR count). The van der Waals surface area contributed by atoms with E-state index in [-0.39, 0.29) is 30.2 Å². The lowest BCUT2D eigenvalue weighted by molar-refractivity contribution is -0.136. The molecule has 1 aromatic carbocycles. The van der Waals surface area contributed by atoms with E-state index < -0.39 is 5.92 Å². The van der Waals surface area contributed by atoms with Gasteiger partial charge in [0.15, 0.2) is 0 Å². The van der Waals surface area contributed by atoms with Gasteiger partial charge < -0.3 is 10.6 Å². The van der Waals surface area contributed by atoms with Gasteiger partial charge in [-0.15, -0.1) is 12.4 Å². The minimum absolute atomic E-state index is 0. The van der Waals surface area contributed by atoms with Gasteiger partial charge in [-0.25, -0.2) is 4.39 Å². The molecule has 0 spiro atoms. The van der Waals surface area contributed by atoms with Gasteiger partial charge in [0.1, 0.15) is 5.82 Å². The first kappa shape index (κ1) is 17.9. The highest BCUT2D eigenvalue weighted by Gasteiger charge is 2.32. The molecule has 0 radical (unpaired) electrons. The van der Waals surface area contributed by atoms with Gasteiger partial charge in [0.2, 0.25) is 5.91 Å². The highest BCUT2D eigenvalue weighted by molar-refractivity contribution is 5.85. The summed E-state index contributed by atoms with van der Waals surface area (Å²) in [4.78, 5) is 14.5. The fourth-order valence-corrected chi connectivity index (χ4v) is 2.97. The Labute approximate surface area is 132 Å². The van der Waals surface area contributed by atoms with E-state index in [4.69, 9.17) is 5.73 Å². The minimum Gasteiger partial charge on any atom is -0.338 e. The molecule has 1 heterocycles. The summed E-state index contributed by atoms with van der Waals surface area (Å²) in [7, 11) is 0. The third kappa shape index (κ3) is 3.95. The first-order valence-corrected chi connectivity index (χ1v) is 7.29. The van der Waals surface area contributed by atoms with E-state index in [2.05, 4.69) is 6.92 Å². The monoisotopic (exact) mass is 314 g/mol. The normalized spacial score (nSPS) is 23.3. The number of rotatable bonds is 3. The lowest BCUT2D eigenvalue weighted by Crippen LogP contribution is -2.50. The summed E-state index contributed by atoms with van der Waals surface area (Å²) in [5.41, 5.74) is 6.26. The van der Waals surface area contributed by atoms with Crippen molar-refractivity contribution in [3.05, 3.63) is 35.6 Å². The third-order valence-electron chi connectivity index (χ3n) is 4.28. The number of amides is 1. The summed E-state index contributed by atoms with van der Waals surface area (Å²) in [5.74, 6) is -0.199. The molecule has 1 aliphatic rings. The fraction of sp³-hybridized carbons (Fsp3) is 0.562. The number of nitrogens with two attached hydrogens (primary N) is 1. The highest BCUT2D eigenvalue weighted by Crippen LogP contribution is 2.27. The van der Waals surface area contributed by atoms with Gasteiger partial charge in [0, 0.05) is 19.1 Å². The smallest absolute Gasteiger partial charge is 0.230 e. The van der Waals surface area contributed by atoms with Crippen LogP contribution in [0.15, 0.2) is 24.3 Å². The number of likely N-dealkylation sites (tertiary alicyclic amines) is 1. The quantitative estimate of drug-likeness (QED) is 0.932. The molecule has 0 bridgehead atoms. The molecule has 3 unspecified atom stereocenters. The van der Waals surface area contributed by atoms with E-state index in [9.17, 15) is 9.18 Å². The van der Waals surface area contributed by atoms with Gasteiger partial charge in [-0.1, -0.05) is 25.1 Å². The lowest BCUT2D eigenvalue weighted by Gasteiger charge is -2.39. The van der Waals surface area contributed by atoms with Gasteiger partial charge in [-0.05, 0) is 37.3 Å². The van der Waals surface area contributed by atoms with E-state index in [1.165, 1.54) is 6.07 Å². The Hall–Kier alpha value is -1.13. The van der Waals surface area contributed by atoms with Crippen LogP contribution >= 0.6 is 12.4 Å². The first-order chi connectivity index (χ1) is 9.54. The summed E-state index contributed by atoms with van der Waals surface area (Å²) >= 11 is 0. The maximum atomic E-state index is 13.8. The Kier molecular flexibility index (Phi) is 6.62. The summed E-state index contributed by atoms with van der Waals surface area (Å²) < 4.78 is 13.8. The maximum Gasteiger partial charge on any atom is 0.230 e. The molecule has 3 atom stereocenters. The van der Waals surface area contributed by atoms with Crippen LogP contribution in [0.5, 0.6) is 0 Å². The maximum absolute atomic E-state index is 13.8. The van der Waals surface area contributed by atoms with Crippen LogP contribution < -0.4 is 5.73 Å². The highest BCUT2D eigenvalue weighted by atomic mass is 35.5. The molecule has 3 nitrogen and oxygen atoms in total. The summed E-state index contributed by atoms with van der Waals surface area (Å²) in [6.45, 7) is 5.15. The Morgan fingerprint density at radius 1 is 1.48 bits per heavy atom. The Morgan fingerprint density at radius 2 is 2.14 bits per heavy atom. The molecular weight excluding hydrogens is 291 g/mol. The second-order valence-corrected chi connectivity index (χ2v) is 5.79. The van der Waals surface area contributed by atoms with Crippen molar-refractivity contribution in [1.82, 2.24) is 4.90 Å². The molecule has 5 heteroatoms. The number of carbonyl (C=O) groups excluding carboxylic acids is 1. The molecule has 21 heavy (non-hydrogen) atoms. The number of benzene rings is 1. The average Bonchev–Trinajstić information content (AvgIpc) is 2.46. The zero-order valence-electron chi connectivity index (χ0n) is 12.6. The van der Waals surface area contributed by atoms with Crippen LogP contribution in [-0.2, 0) is 4.79 Å². The molecule has 0 aliphatic carbocycles. The topological polar surface area (TPSA) is 46.3 Å². The van der Waals surface area contributed by atoms with Crippen molar-refractivity contribution in [2.45, 2.75) is 38.6 Å². The number of halogens is 2. The second-order valence-electron chi connectivity index (χ2n) is 5.79. The predicted octanol–water partition coefficient (Wildman–Crippen LogP) is 2.94. The summed E-state index contributed by atoms with van der Waals surface area (Å²) in [6.07, 6.45) is 1.93. The van der Waals surface area contributed by atoms with E-state index in [1.54, 1.807) is 25.1 Å². The molecule has 0 saturated carbocycles. The van der Waals surface area contributed by atoms with Crippen molar-refractivity contribution in [2.24, 2.45) is 11.7 Å². The van der Waals surface area contributed by atoms with Crippen molar-refractivity contribution in [2.75, 3.05) is 13.1 Å². The largest absolute Gasteiger partial charge is 0.338 e. The molecule has 1 aromatic rings. The van der Waals surface area contributed by atoms with Gasteiger partial charge >= 0.3 is 0 Å². The molecular formula is C16H24ClFN2O. The zero-order chi connectivity index (χ0) is 14.7. The summed E-state index contributed by atoms with van der Waals surface area (Å²) in [5, 5.41) is 0. The van der Waals surface area contributed by atoms with E-state index in [0.717, 1.165) is 19.4 Å². The third-order valence-corrected chi connectivity index (χ3v) is 4.28. The van der Waals surface area contributed by atoms with Crippen molar-refractivity contribution in [1.29, 1.82) is 0 Å². The Balaban J connectivity index is 0.00000220. The number of hydrogen-bond donors (Lipinski definition) is 1. The lowest BCUT2D eigenvalue weighted by atomic mass is 9.90. The molecule has 118 valence electrons. The molecule has 1 amide bonds. The van der Waals surface area contributed by atoms with Gasteiger partial charge in [-0.3, -0.25) is 4.79 Å². The van der Waals surface area contributed by atoms with Crippen molar-refractivity contribution in [3.8, 4) is 0 Å². The molecule has 1 fully saturated rings. The first-order valence-electron chi connectivity index (χ1n) is 7.29. The Morgan fingerprint density at radius 3 is 2.76 bits per heavy atom. The van der Waals surface area contributed by atoms with Crippen LogP contribution in [0.2, 0.25) is 0 Å². The van der Waals surface area contributed by atoms with Crippen molar-refractivity contribution < 1.29 is 9.18 Å². The van der Waals surface area contributed by atoms with E-state index >= 15 is 0 Å². The van der Waals surface area contributed by atoms with Crippen molar-refractivity contribution >= 4 is 18.3 Å². The fourth-order valence-electron chi connectivity index (χ4n) is 2.97. The minimum atomic E-state index is -0.460. The SMILES string of the molecule is CC1CCN(C(=O)C(C)c2ccccc2F)C(CN)C1.Cl. The van der Waals surface area contributed by atoms with Gasteiger partial charge in [0.05, 0.1) is 5.92 Å². The van der Waals surface area contributed by atoms with E-state index in [0.29, 0.717) is 18.0 Å². The van der Waals surface area contributed by atoms with Crippen LogP contribution in [0, 0.1) is 11.7 Å². The molecule has 1 aliphatic heterocycles. The van der Waals surface area contributed by atoms with Crippen LogP contribution in [0.4, 0.5) is 4.39 Å². The van der Waals surface area contributed by atoms with Gasteiger partial charge in [0.25, 0.3) is 0 Å². The average molecular weight is 315 g/mol. The molecule has 0 aromatic heterocycles. The summed E-state index contributed by atoms with van der Waals surface area (Å²) in [6, 6.07) is 6.57. The Bertz CT molecular complexity index is 483. The molecule has 2 N–H and O–H groups in total. The zero-order valence-corrected chi connectivity index (χ0v) is 13.4. The van der Waals surface area contributed by atoms with Crippen LogP contribution in [0.1, 0.15) is 38.2 Å². The van der Waals surface area contributed by atoms with Gasteiger partial charge in [-0.2, -0.15) is 0 Å². The number of nitrogens with zero attached hydrogens (tertiary/aromatic N) is 1. The van der Waals surface area contributed by atoms with Crippen LogP contribution in [-0.4, -0.2) is 29.9 Å². The number of carbonyl (C=O) groups is 1. The van der Waals surface area contributed by atoms with Crippen LogP contribution in [0.3, 0.4) is 0 Å². The standard InChI is InChI=1S/C16H23FN2O.ClH/c1-11-7-8-19(13(9-11)10-18)16(20)12(2)14-5-3-4-6-15(14)17;/h3-6,11-13H,7-10,18H2,1-2H3;1H.